The van der Waals surface area contributed by atoms with Crippen LogP contribution in [0.1, 0.15) is 50.5 Å². The number of nitrogens with zero attached hydrogens (tertiary/aromatic N) is 3. The number of carbonyl (C=O) groups is 2. The van der Waals surface area contributed by atoms with Gasteiger partial charge in [-0.2, -0.15) is 5.26 Å². The molecule has 0 atom stereocenters. The number of rotatable bonds is 4. The van der Waals surface area contributed by atoms with E-state index >= 15 is 0 Å². The fraction of sp³-hybridized carbons (Fsp3) is 0.600. The number of amides is 2. The molecule has 144 valence electrons. The van der Waals surface area contributed by atoms with E-state index < -0.39 is 11.8 Å². The highest BCUT2D eigenvalue weighted by atomic mass is 16.2. The lowest BCUT2D eigenvalue weighted by Crippen LogP contribution is -2.47. The van der Waals surface area contributed by atoms with Gasteiger partial charge in [0.1, 0.15) is 11.9 Å². The molecule has 1 saturated carbocycles. The molecule has 27 heavy (non-hydrogen) atoms. The maximum absolute atomic E-state index is 12.0. The van der Waals surface area contributed by atoms with E-state index in [0.717, 1.165) is 57.4 Å². The van der Waals surface area contributed by atoms with Crippen molar-refractivity contribution in [2.45, 2.75) is 51.0 Å². The number of nitrogens with one attached hydrogen (secondary N) is 2. The quantitative estimate of drug-likeness (QED) is 0.788. The average Bonchev–Trinajstić information content (AvgIpc) is 2.73. The Hall–Kier alpha value is -2.62. The van der Waals surface area contributed by atoms with Gasteiger partial charge in [0.25, 0.3) is 0 Å². The van der Waals surface area contributed by atoms with E-state index in [1.165, 1.54) is 6.42 Å². The molecule has 2 N–H and O–H groups in total. The van der Waals surface area contributed by atoms with E-state index in [2.05, 4.69) is 26.6 Å². The summed E-state index contributed by atoms with van der Waals surface area (Å²) in [7, 11) is 0. The van der Waals surface area contributed by atoms with Crippen LogP contribution in [-0.4, -0.2) is 42.5 Å². The Morgan fingerprint density at radius 2 is 1.89 bits per heavy atom. The summed E-state index contributed by atoms with van der Waals surface area (Å²) in [6, 6.07) is 5.87. The molecule has 0 spiro atoms. The van der Waals surface area contributed by atoms with E-state index in [0.29, 0.717) is 18.0 Å². The molecule has 2 aliphatic rings. The molecule has 7 heteroatoms. The fourth-order valence-corrected chi connectivity index (χ4v) is 3.90. The maximum atomic E-state index is 12.0. The van der Waals surface area contributed by atoms with Gasteiger partial charge < -0.3 is 15.5 Å². The maximum Gasteiger partial charge on any atom is 0.309 e. The molecular weight excluding hydrogens is 342 g/mol. The molecule has 1 aliphatic carbocycles. The second-order valence-corrected chi connectivity index (χ2v) is 7.44. The first-order chi connectivity index (χ1) is 13.2. The Morgan fingerprint density at radius 1 is 1.15 bits per heavy atom. The Morgan fingerprint density at radius 3 is 2.59 bits per heavy atom. The molecule has 1 saturated heterocycles. The van der Waals surface area contributed by atoms with Gasteiger partial charge in [-0.1, -0.05) is 19.3 Å². The fourth-order valence-electron chi connectivity index (χ4n) is 3.90. The largest absolute Gasteiger partial charge is 0.356 e. The van der Waals surface area contributed by atoms with Crippen molar-refractivity contribution in [2.24, 2.45) is 5.92 Å². The van der Waals surface area contributed by atoms with E-state index in [9.17, 15) is 14.9 Å². The lowest BCUT2D eigenvalue weighted by atomic mass is 9.95. The molecule has 1 aromatic heterocycles. The number of carbonyl (C=O) groups excluding carboxylic acids is 2. The van der Waals surface area contributed by atoms with Crippen LogP contribution in [0.25, 0.3) is 0 Å². The monoisotopic (exact) mass is 369 g/mol. The van der Waals surface area contributed by atoms with Crippen molar-refractivity contribution in [3.63, 3.8) is 0 Å². The second kappa shape index (κ2) is 9.36. The van der Waals surface area contributed by atoms with E-state index in [1.54, 1.807) is 18.3 Å². The van der Waals surface area contributed by atoms with Crippen LogP contribution >= 0.6 is 0 Å². The average molecular weight is 369 g/mol. The molecule has 2 amide bonds. The Balaban J connectivity index is 1.41. The van der Waals surface area contributed by atoms with Crippen molar-refractivity contribution in [3.05, 3.63) is 23.9 Å². The minimum absolute atomic E-state index is 0.146. The number of nitriles is 1. The Bertz CT molecular complexity index is 701. The molecule has 0 radical (unpaired) electrons. The normalized spacial score (nSPS) is 18.6. The van der Waals surface area contributed by atoms with E-state index in [1.807, 2.05) is 0 Å². The zero-order valence-corrected chi connectivity index (χ0v) is 15.6. The molecule has 7 nitrogen and oxygen atoms in total. The molecular formula is C20H27N5O2. The molecule has 0 bridgehead atoms. The van der Waals surface area contributed by atoms with Crippen molar-refractivity contribution < 1.29 is 9.59 Å². The van der Waals surface area contributed by atoms with Crippen LogP contribution in [0.15, 0.2) is 18.3 Å². The number of hydrogen-bond acceptors (Lipinski definition) is 5. The molecule has 2 fully saturated rings. The van der Waals surface area contributed by atoms with Gasteiger partial charge in [-0.15, -0.1) is 0 Å². The second-order valence-electron chi connectivity index (χ2n) is 7.44. The molecule has 2 heterocycles. The highest BCUT2D eigenvalue weighted by Crippen LogP contribution is 2.23. The van der Waals surface area contributed by atoms with Gasteiger partial charge in [0.2, 0.25) is 0 Å². The molecule has 1 aliphatic heterocycles. The van der Waals surface area contributed by atoms with Crippen LogP contribution in [0.2, 0.25) is 0 Å². The van der Waals surface area contributed by atoms with Gasteiger partial charge in [-0.25, -0.2) is 4.98 Å². The number of aromatic nitrogens is 1. The summed E-state index contributed by atoms with van der Waals surface area (Å²) in [5, 5.41) is 14.8. The SMILES string of the molecule is N#Cc1cccnc1N1CCC(CNC(=O)C(=O)NC2CCCCC2)CC1. The minimum Gasteiger partial charge on any atom is -0.356 e. The third-order valence-electron chi connectivity index (χ3n) is 5.52. The predicted molar refractivity (Wildman–Crippen MR) is 102 cm³/mol. The van der Waals surface area contributed by atoms with Crippen LogP contribution < -0.4 is 15.5 Å². The van der Waals surface area contributed by atoms with Gasteiger partial charge in [0.15, 0.2) is 0 Å². The van der Waals surface area contributed by atoms with E-state index in [4.69, 9.17) is 0 Å². The molecule has 0 unspecified atom stereocenters. The Kier molecular flexibility index (Phi) is 6.64. The number of piperidine rings is 1. The van der Waals surface area contributed by atoms with Crippen molar-refractivity contribution in [1.29, 1.82) is 5.26 Å². The topological polar surface area (TPSA) is 98.1 Å². The van der Waals surface area contributed by atoms with Gasteiger partial charge in [-0.05, 0) is 43.7 Å². The summed E-state index contributed by atoms with van der Waals surface area (Å²) < 4.78 is 0. The summed E-state index contributed by atoms with van der Waals surface area (Å²) >= 11 is 0. The summed E-state index contributed by atoms with van der Waals surface area (Å²) in [6.07, 6.45) is 8.88. The first-order valence-electron chi connectivity index (χ1n) is 9.86. The minimum atomic E-state index is -0.528. The zero-order valence-electron chi connectivity index (χ0n) is 15.6. The van der Waals surface area contributed by atoms with Crippen LogP contribution in [0.5, 0.6) is 0 Å². The standard InChI is InChI=1S/C20H27N5O2/c21-13-16-5-4-10-22-18(16)25-11-8-15(9-12-25)14-23-19(26)20(27)24-17-6-2-1-3-7-17/h4-5,10,15,17H,1-3,6-9,11-12,14H2,(H,23,26)(H,24,27). The van der Waals surface area contributed by atoms with Crippen LogP contribution in [0, 0.1) is 17.2 Å². The lowest BCUT2D eigenvalue weighted by Gasteiger charge is -2.33. The number of anilines is 1. The first kappa shape index (κ1) is 19.2. The number of pyridine rings is 1. The van der Waals surface area contributed by atoms with Crippen molar-refractivity contribution in [2.75, 3.05) is 24.5 Å². The summed E-state index contributed by atoms with van der Waals surface area (Å²) in [5.74, 6) is 0.0299. The van der Waals surface area contributed by atoms with Gasteiger partial charge in [0, 0.05) is 31.9 Å². The predicted octanol–water partition coefficient (Wildman–Crippen LogP) is 1.73. The first-order valence-corrected chi connectivity index (χ1v) is 9.86. The number of hydrogen-bond donors (Lipinski definition) is 2. The smallest absolute Gasteiger partial charge is 0.309 e. The highest BCUT2D eigenvalue weighted by molar-refractivity contribution is 6.35. The summed E-state index contributed by atoms with van der Waals surface area (Å²) in [5.41, 5.74) is 0.587. The summed E-state index contributed by atoms with van der Waals surface area (Å²) in [4.78, 5) is 30.5. The van der Waals surface area contributed by atoms with Crippen LogP contribution in [0.3, 0.4) is 0 Å². The van der Waals surface area contributed by atoms with Crippen molar-refractivity contribution in [1.82, 2.24) is 15.6 Å². The lowest BCUT2D eigenvalue weighted by molar-refractivity contribution is -0.139. The molecule has 3 rings (SSSR count). The third kappa shape index (κ3) is 5.19. The highest BCUT2D eigenvalue weighted by Gasteiger charge is 2.24. The summed E-state index contributed by atoms with van der Waals surface area (Å²) in [6.45, 7) is 2.10. The van der Waals surface area contributed by atoms with Crippen LogP contribution in [0.4, 0.5) is 5.82 Å². The Labute approximate surface area is 160 Å². The van der Waals surface area contributed by atoms with Crippen molar-refractivity contribution in [3.8, 4) is 6.07 Å². The third-order valence-corrected chi connectivity index (χ3v) is 5.52. The molecule has 1 aromatic rings. The zero-order chi connectivity index (χ0) is 19.1. The van der Waals surface area contributed by atoms with Gasteiger partial charge in [0.05, 0.1) is 5.56 Å². The van der Waals surface area contributed by atoms with Gasteiger partial charge in [-0.3, -0.25) is 9.59 Å². The van der Waals surface area contributed by atoms with E-state index in [-0.39, 0.29) is 6.04 Å². The van der Waals surface area contributed by atoms with Crippen molar-refractivity contribution >= 4 is 17.6 Å². The molecule has 0 aromatic carbocycles. The van der Waals surface area contributed by atoms with Gasteiger partial charge >= 0.3 is 11.8 Å². The van der Waals surface area contributed by atoms with Crippen LogP contribution in [-0.2, 0) is 9.59 Å².